The third kappa shape index (κ3) is 2.20. The summed E-state index contributed by atoms with van der Waals surface area (Å²) in [5.41, 5.74) is 0.240. The largest absolute Gasteiger partial charge is 0.331 e. The van der Waals surface area contributed by atoms with E-state index < -0.39 is 11.2 Å². The molecule has 0 fully saturated rings. The van der Waals surface area contributed by atoms with Gasteiger partial charge < -0.3 is 4.40 Å². The minimum Gasteiger partial charge on any atom is -0.307 e. The van der Waals surface area contributed by atoms with Gasteiger partial charge in [0.2, 0.25) is 0 Å². The van der Waals surface area contributed by atoms with Crippen LogP contribution in [0.4, 0.5) is 0 Å². The van der Waals surface area contributed by atoms with Crippen molar-refractivity contribution in [1.82, 2.24) is 18.5 Å². The van der Waals surface area contributed by atoms with Crippen molar-refractivity contribution in [3.8, 4) is 6.07 Å². The number of nitrogens with zero attached hydrogens (tertiary/aromatic N) is 5. The molecule has 0 saturated carbocycles. The first-order valence-corrected chi connectivity index (χ1v) is 6.81. The Morgan fingerprint density at radius 1 is 1.27 bits per heavy atom. The van der Waals surface area contributed by atoms with Crippen molar-refractivity contribution in [2.75, 3.05) is 0 Å². The lowest BCUT2D eigenvalue weighted by atomic mass is 10.3. The number of aryl methyl sites for hydroxylation is 1. The number of fused-ring (bicyclic) bond motifs is 1. The van der Waals surface area contributed by atoms with Crippen LogP contribution in [0.25, 0.3) is 5.65 Å². The van der Waals surface area contributed by atoms with Gasteiger partial charge in [-0.25, -0.2) is 9.78 Å². The highest BCUT2D eigenvalue weighted by molar-refractivity contribution is 5.39. The van der Waals surface area contributed by atoms with Crippen LogP contribution in [0.15, 0.2) is 46.4 Å². The number of hydrogen-bond donors (Lipinski definition) is 0. The maximum absolute atomic E-state index is 12.3. The Hall–Kier alpha value is -3.14. The lowest BCUT2D eigenvalue weighted by Crippen LogP contribution is -2.41. The van der Waals surface area contributed by atoms with Gasteiger partial charge in [-0.2, -0.15) is 5.26 Å². The topological polar surface area (TPSA) is 85.1 Å². The zero-order valence-electron chi connectivity index (χ0n) is 11.9. The summed E-state index contributed by atoms with van der Waals surface area (Å²) in [5.74, 6) is 0. The van der Waals surface area contributed by atoms with Gasteiger partial charge in [-0.15, -0.1) is 0 Å². The molecule has 0 saturated heterocycles. The first kappa shape index (κ1) is 13.8. The van der Waals surface area contributed by atoms with E-state index in [9.17, 15) is 9.59 Å². The quantitative estimate of drug-likeness (QED) is 0.708. The van der Waals surface area contributed by atoms with Crippen molar-refractivity contribution in [2.24, 2.45) is 0 Å². The highest BCUT2D eigenvalue weighted by atomic mass is 16.2. The smallest absolute Gasteiger partial charge is 0.307 e. The van der Waals surface area contributed by atoms with Gasteiger partial charge in [0.25, 0.3) is 5.56 Å². The van der Waals surface area contributed by atoms with E-state index in [1.54, 1.807) is 13.1 Å². The van der Waals surface area contributed by atoms with E-state index in [1.807, 2.05) is 34.9 Å². The van der Waals surface area contributed by atoms with Gasteiger partial charge in [-0.05, 0) is 19.1 Å². The molecule has 0 aliphatic heterocycles. The normalized spacial score (nSPS) is 10.7. The van der Waals surface area contributed by atoms with E-state index in [2.05, 4.69) is 4.98 Å². The molecule has 0 N–H and O–H groups in total. The molecule has 110 valence electrons. The highest BCUT2D eigenvalue weighted by Gasteiger charge is 2.12. The second-order valence-corrected chi connectivity index (χ2v) is 4.81. The van der Waals surface area contributed by atoms with Gasteiger partial charge in [-0.1, -0.05) is 6.07 Å². The summed E-state index contributed by atoms with van der Waals surface area (Å²) < 4.78 is 4.20. The number of hydrogen-bond acceptors (Lipinski definition) is 4. The predicted octanol–water partition coefficient (Wildman–Crippen LogP) is 0.598. The summed E-state index contributed by atoms with van der Waals surface area (Å²) >= 11 is 0. The van der Waals surface area contributed by atoms with E-state index in [0.29, 0.717) is 12.2 Å². The Kier molecular flexibility index (Phi) is 3.35. The molecular weight excluding hydrogens is 282 g/mol. The maximum atomic E-state index is 12.3. The summed E-state index contributed by atoms with van der Waals surface area (Å²) in [6, 6.07) is 7.39. The van der Waals surface area contributed by atoms with Crippen LogP contribution in [-0.4, -0.2) is 18.5 Å². The highest BCUT2D eigenvalue weighted by Crippen LogP contribution is 2.05. The van der Waals surface area contributed by atoms with Crippen molar-refractivity contribution in [2.45, 2.75) is 20.0 Å². The number of aromatic nitrogens is 4. The molecule has 22 heavy (non-hydrogen) atoms. The molecule has 0 aromatic carbocycles. The fourth-order valence-corrected chi connectivity index (χ4v) is 2.32. The average molecular weight is 295 g/mol. The van der Waals surface area contributed by atoms with Crippen LogP contribution in [0.3, 0.4) is 0 Å². The molecule has 0 bridgehead atoms. The van der Waals surface area contributed by atoms with Crippen LogP contribution in [0.2, 0.25) is 0 Å². The molecule has 7 nitrogen and oxygen atoms in total. The van der Waals surface area contributed by atoms with Crippen LogP contribution in [-0.2, 0) is 13.1 Å². The summed E-state index contributed by atoms with van der Waals surface area (Å²) in [5, 5.41) is 9.04. The Labute approximate surface area is 125 Å². The van der Waals surface area contributed by atoms with Crippen LogP contribution in [0.1, 0.15) is 18.2 Å². The zero-order chi connectivity index (χ0) is 15.7. The number of rotatable bonds is 3. The number of pyridine rings is 1. The molecule has 7 heteroatoms. The molecule has 0 spiro atoms. The van der Waals surface area contributed by atoms with Crippen molar-refractivity contribution in [3.05, 3.63) is 68.9 Å². The molecule has 0 radical (unpaired) electrons. The molecule has 0 amide bonds. The maximum Gasteiger partial charge on any atom is 0.331 e. The summed E-state index contributed by atoms with van der Waals surface area (Å²) in [6.45, 7) is 2.20. The Balaban J connectivity index is 2.14. The molecule has 3 aromatic rings. The van der Waals surface area contributed by atoms with Gasteiger partial charge in [0.05, 0.1) is 12.2 Å². The molecule has 3 aromatic heterocycles. The van der Waals surface area contributed by atoms with Crippen LogP contribution in [0.5, 0.6) is 0 Å². The summed E-state index contributed by atoms with van der Waals surface area (Å²) in [6.07, 6.45) is 4.89. The van der Waals surface area contributed by atoms with Crippen LogP contribution in [0, 0.1) is 11.3 Å². The van der Waals surface area contributed by atoms with Gasteiger partial charge >= 0.3 is 5.69 Å². The zero-order valence-corrected chi connectivity index (χ0v) is 11.9. The monoisotopic (exact) mass is 295 g/mol. The van der Waals surface area contributed by atoms with Crippen LogP contribution < -0.4 is 11.2 Å². The second-order valence-electron chi connectivity index (χ2n) is 4.81. The fourth-order valence-electron chi connectivity index (χ4n) is 2.32. The summed E-state index contributed by atoms with van der Waals surface area (Å²) in [7, 11) is 0. The van der Waals surface area contributed by atoms with Crippen molar-refractivity contribution in [1.29, 1.82) is 5.26 Å². The van der Waals surface area contributed by atoms with Gasteiger partial charge in [0, 0.05) is 25.1 Å². The van der Waals surface area contributed by atoms with Crippen molar-refractivity contribution < 1.29 is 0 Å². The molecule has 0 unspecified atom stereocenters. The minimum atomic E-state index is -0.589. The van der Waals surface area contributed by atoms with Crippen molar-refractivity contribution >= 4 is 5.65 Å². The molecule has 0 atom stereocenters. The minimum absolute atomic E-state index is 0.0366. The standard InChI is InChI=1S/C15H13N5O2/c1-2-18-8-11(7-16)14(21)20(15(18)22)10-12-9-19-6-4-3-5-13(19)17-12/h3-6,8-9H,2,10H2,1H3. The second kappa shape index (κ2) is 5.33. The lowest BCUT2D eigenvalue weighted by Gasteiger charge is -2.07. The third-order valence-corrected chi connectivity index (χ3v) is 3.43. The molecule has 0 aliphatic carbocycles. The number of imidazole rings is 1. The first-order chi connectivity index (χ1) is 10.6. The Bertz CT molecular complexity index is 970. The van der Waals surface area contributed by atoms with E-state index in [1.165, 1.54) is 10.8 Å². The average Bonchev–Trinajstić information content (AvgIpc) is 2.94. The summed E-state index contributed by atoms with van der Waals surface area (Å²) in [4.78, 5) is 28.9. The Morgan fingerprint density at radius 2 is 2.09 bits per heavy atom. The van der Waals surface area contributed by atoms with Gasteiger partial charge in [0.1, 0.15) is 17.3 Å². The molecule has 3 heterocycles. The fraction of sp³-hybridized carbons (Fsp3) is 0.200. The van der Waals surface area contributed by atoms with E-state index >= 15 is 0 Å². The third-order valence-electron chi connectivity index (χ3n) is 3.43. The SMILES string of the molecule is CCn1cc(C#N)c(=O)n(Cc2cn3ccccc3n2)c1=O. The number of nitriles is 1. The van der Waals surface area contributed by atoms with Gasteiger partial charge in [-0.3, -0.25) is 13.9 Å². The first-order valence-electron chi connectivity index (χ1n) is 6.81. The predicted molar refractivity (Wildman–Crippen MR) is 79.6 cm³/mol. The molecular formula is C15H13N5O2. The molecule has 3 rings (SSSR count). The molecule has 0 aliphatic rings. The van der Waals surface area contributed by atoms with Gasteiger partial charge in [0.15, 0.2) is 0 Å². The van der Waals surface area contributed by atoms with E-state index in [4.69, 9.17) is 5.26 Å². The lowest BCUT2D eigenvalue weighted by molar-refractivity contribution is 0.593. The van der Waals surface area contributed by atoms with Crippen molar-refractivity contribution in [3.63, 3.8) is 0 Å². The van der Waals surface area contributed by atoms with Crippen LogP contribution >= 0.6 is 0 Å². The van der Waals surface area contributed by atoms with E-state index in [-0.39, 0.29) is 12.1 Å². The van der Waals surface area contributed by atoms with E-state index in [0.717, 1.165) is 10.2 Å². The Morgan fingerprint density at radius 3 is 2.77 bits per heavy atom.